The molecule has 0 bridgehead atoms. The average molecular weight is 386 g/mol. The quantitative estimate of drug-likeness (QED) is 0.425. The molecule has 0 unspecified atom stereocenters. The highest BCUT2D eigenvalue weighted by Crippen LogP contribution is 2.41. The van der Waals surface area contributed by atoms with Gasteiger partial charge in [-0.05, 0) is 24.6 Å². The minimum Gasteiger partial charge on any atom is -0.338 e. The fraction of sp³-hybridized carbons (Fsp3) is 0.0526. The number of benzene rings is 2. The van der Waals surface area contributed by atoms with E-state index in [2.05, 4.69) is 34.3 Å². The second kappa shape index (κ2) is 6.64. The van der Waals surface area contributed by atoms with Crippen molar-refractivity contribution in [3.63, 3.8) is 0 Å². The Balaban J connectivity index is 1.92. The Morgan fingerprint density at radius 2 is 1.76 bits per heavy atom. The number of hydrogen-bond acceptors (Lipinski definition) is 4. The lowest BCUT2D eigenvalue weighted by Gasteiger charge is -2.11. The van der Waals surface area contributed by atoms with Crippen LogP contribution in [0.1, 0.15) is 4.88 Å². The lowest BCUT2D eigenvalue weighted by Crippen LogP contribution is -1.96. The van der Waals surface area contributed by atoms with E-state index < -0.39 is 0 Å². The molecule has 0 spiro atoms. The molecule has 0 saturated heterocycles. The summed E-state index contributed by atoms with van der Waals surface area (Å²) in [6.45, 7) is 2.10. The fourth-order valence-electron chi connectivity index (χ4n) is 2.82. The van der Waals surface area contributed by atoms with E-state index in [1.807, 2.05) is 30.3 Å². The van der Waals surface area contributed by atoms with Gasteiger partial charge >= 0.3 is 0 Å². The number of anilines is 2. The molecule has 0 atom stereocenters. The first-order valence-electron chi connectivity index (χ1n) is 7.65. The van der Waals surface area contributed by atoms with Crippen LogP contribution in [0.3, 0.4) is 0 Å². The van der Waals surface area contributed by atoms with Gasteiger partial charge in [0.25, 0.3) is 0 Å². The maximum absolute atomic E-state index is 6.32. The third-order valence-electron chi connectivity index (χ3n) is 3.93. The first-order valence-corrected chi connectivity index (χ1v) is 9.23. The zero-order valence-electron chi connectivity index (χ0n) is 13.3. The maximum atomic E-state index is 6.32. The number of halogens is 2. The van der Waals surface area contributed by atoms with E-state index >= 15 is 0 Å². The molecule has 0 aliphatic carbocycles. The number of hydrogen-bond donors (Lipinski definition) is 1. The molecule has 0 fully saturated rings. The van der Waals surface area contributed by atoms with Crippen molar-refractivity contribution < 1.29 is 0 Å². The van der Waals surface area contributed by atoms with Gasteiger partial charge in [-0.15, -0.1) is 11.3 Å². The van der Waals surface area contributed by atoms with E-state index in [1.54, 1.807) is 23.7 Å². The minimum atomic E-state index is 0.476. The van der Waals surface area contributed by atoms with E-state index in [1.165, 1.54) is 4.88 Å². The number of nitrogens with one attached hydrogen (secondary N) is 1. The molecule has 0 aliphatic rings. The Labute approximate surface area is 159 Å². The Kier molecular flexibility index (Phi) is 4.34. The molecular formula is C19H13Cl2N3S. The predicted octanol–water partition coefficient (Wildman–Crippen LogP) is 6.72. The molecule has 2 aromatic carbocycles. The Hall–Kier alpha value is -2.14. The largest absolute Gasteiger partial charge is 0.338 e. The van der Waals surface area contributed by atoms with Gasteiger partial charge < -0.3 is 5.32 Å². The lowest BCUT2D eigenvalue weighted by atomic mass is 10.0. The number of nitrogens with zero attached hydrogens (tertiary/aromatic N) is 2. The van der Waals surface area contributed by atoms with Gasteiger partial charge in [0.15, 0.2) is 0 Å². The van der Waals surface area contributed by atoms with Crippen LogP contribution < -0.4 is 5.32 Å². The summed E-state index contributed by atoms with van der Waals surface area (Å²) in [4.78, 5) is 11.0. The smallest absolute Gasteiger partial charge is 0.143 e. The number of thiophene rings is 1. The highest BCUT2D eigenvalue weighted by molar-refractivity contribution is 7.19. The summed E-state index contributed by atoms with van der Waals surface area (Å²) in [6.07, 6.45) is 1.56. The van der Waals surface area contributed by atoms with Crippen LogP contribution in [0.5, 0.6) is 0 Å². The second-order valence-electron chi connectivity index (χ2n) is 5.53. The molecule has 0 amide bonds. The van der Waals surface area contributed by atoms with Crippen molar-refractivity contribution in [3.8, 4) is 11.1 Å². The van der Waals surface area contributed by atoms with Gasteiger partial charge in [0.2, 0.25) is 0 Å². The molecule has 25 heavy (non-hydrogen) atoms. The predicted molar refractivity (Wildman–Crippen MR) is 107 cm³/mol. The van der Waals surface area contributed by atoms with Crippen molar-refractivity contribution in [2.45, 2.75) is 6.92 Å². The molecule has 2 aromatic heterocycles. The summed E-state index contributed by atoms with van der Waals surface area (Å²) in [6, 6.07) is 15.8. The normalized spacial score (nSPS) is 11.0. The number of aromatic nitrogens is 2. The molecule has 124 valence electrons. The first kappa shape index (κ1) is 16.3. The van der Waals surface area contributed by atoms with Gasteiger partial charge in [0.1, 0.15) is 17.0 Å². The molecule has 0 aliphatic heterocycles. The van der Waals surface area contributed by atoms with E-state index in [9.17, 15) is 0 Å². The van der Waals surface area contributed by atoms with Crippen LogP contribution in [-0.2, 0) is 0 Å². The molecule has 2 heterocycles. The van der Waals surface area contributed by atoms with Gasteiger partial charge in [-0.2, -0.15) is 0 Å². The summed E-state index contributed by atoms with van der Waals surface area (Å²) in [5.41, 5.74) is 3.00. The zero-order valence-corrected chi connectivity index (χ0v) is 15.6. The Morgan fingerprint density at radius 3 is 2.56 bits per heavy atom. The minimum absolute atomic E-state index is 0.476. The van der Waals surface area contributed by atoms with Crippen molar-refractivity contribution in [3.05, 3.63) is 69.8 Å². The summed E-state index contributed by atoms with van der Waals surface area (Å²) in [7, 11) is 0. The second-order valence-corrected chi connectivity index (χ2v) is 7.52. The van der Waals surface area contributed by atoms with Crippen molar-refractivity contribution in [1.29, 1.82) is 0 Å². The summed E-state index contributed by atoms with van der Waals surface area (Å²) >= 11 is 14.1. The molecular weight excluding hydrogens is 373 g/mol. The van der Waals surface area contributed by atoms with Crippen LogP contribution in [-0.4, -0.2) is 9.97 Å². The van der Waals surface area contributed by atoms with Gasteiger partial charge in [-0.1, -0.05) is 59.6 Å². The van der Waals surface area contributed by atoms with Gasteiger partial charge in [-0.25, -0.2) is 9.97 Å². The SMILES string of the molecule is Cc1sc2ncnc(Nc3cccc(Cl)c3Cl)c2c1-c1ccccc1. The van der Waals surface area contributed by atoms with Crippen LogP contribution >= 0.6 is 34.5 Å². The highest BCUT2D eigenvalue weighted by Gasteiger charge is 2.17. The van der Waals surface area contributed by atoms with Gasteiger partial charge in [0.05, 0.1) is 21.1 Å². The van der Waals surface area contributed by atoms with Crippen LogP contribution in [0.15, 0.2) is 54.9 Å². The van der Waals surface area contributed by atoms with E-state index in [0.717, 1.165) is 32.8 Å². The van der Waals surface area contributed by atoms with Crippen molar-refractivity contribution in [2.24, 2.45) is 0 Å². The third-order valence-corrected chi connectivity index (χ3v) is 5.76. The van der Waals surface area contributed by atoms with Crippen molar-refractivity contribution in [2.75, 3.05) is 5.32 Å². The number of fused-ring (bicyclic) bond motifs is 1. The Bertz CT molecular complexity index is 1060. The van der Waals surface area contributed by atoms with E-state index in [4.69, 9.17) is 23.2 Å². The summed E-state index contributed by atoms with van der Waals surface area (Å²) < 4.78 is 0. The Morgan fingerprint density at radius 1 is 0.960 bits per heavy atom. The third kappa shape index (κ3) is 2.97. The first-order chi connectivity index (χ1) is 12.1. The monoisotopic (exact) mass is 385 g/mol. The summed E-state index contributed by atoms with van der Waals surface area (Å²) in [5, 5.41) is 5.29. The molecule has 3 nitrogen and oxygen atoms in total. The summed E-state index contributed by atoms with van der Waals surface area (Å²) in [5.74, 6) is 0.720. The molecule has 4 aromatic rings. The molecule has 0 saturated carbocycles. The topological polar surface area (TPSA) is 37.8 Å². The van der Waals surface area contributed by atoms with E-state index in [0.29, 0.717) is 10.0 Å². The molecule has 1 N–H and O–H groups in total. The van der Waals surface area contributed by atoms with Crippen LogP contribution in [0.25, 0.3) is 21.3 Å². The van der Waals surface area contributed by atoms with Gasteiger partial charge in [0, 0.05) is 10.4 Å². The molecule has 6 heteroatoms. The van der Waals surface area contributed by atoms with Crippen molar-refractivity contribution in [1.82, 2.24) is 9.97 Å². The lowest BCUT2D eigenvalue weighted by molar-refractivity contribution is 1.23. The highest BCUT2D eigenvalue weighted by atomic mass is 35.5. The fourth-order valence-corrected chi connectivity index (χ4v) is 4.18. The standard InChI is InChI=1S/C19H13Cl2N3S/c1-11-15(12-6-3-2-4-7-12)16-18(22-10-23-19(16)25-11)24-14-9-5-8-13(20)17(14)21/h2-10H,1H3,(H,22,23,24). The van der Waals surface area contributed by atoms with Crippen LogP contribution in [0.4, 0.5) is 11.5 Å². The van der Waals surface area contributed by atoms with Crippen LogP contribution in [0, 0.1) is 6.92 Å². The maximum Gasteiger partial charge on any atom is 0.143 e. The van der Waals surface area contributed by atoms with Crippen molar-refractivity contribution >= 4 is 56.3 Å². The average Bonchev–Trinajstić information content (AvgIpc) is 2.96. The van der Waals surface area contributed by atoms with E-state index in [-0.39, 0.29) is 0 Å². The zero-order chi connectivity index (χ0) is 17.4. The molecule has 0 radical (unpaired) electrons. The number of rotatable bonds is 3. The molecule has 4 rings (SSSR count). The number of aryl methyl sites for hydroxylation is 1. The van der Waals surface area contributed by atoms with Gasteiger partial charge in [-0.3, -0.25) is 0 Å². The van der Waals surface area contributed by atoms with Crippen LogP contribution in [0.2, 0.25) is 10.0 Å².